The molecular weight excluding hydrogens is 372 g/mol. The van der Waals surface area contributed by atoms with Crippen molar-refractivity contribution in [1.82, 2.24) is 29.9 Å². The lowest BCUT2D eigenvalue weighted by molar-refractivity contribution is 0.440. The lowest BCUT2D eigenvalue weighted by Gasteiger charge is -2.17. The molecule has 0 atom stereocenters. The molecule has 0 amide bonds. The Balaban J connectivity index is 1.92. The zero-order chi connectivity index (χ0) is 20.7. The number of phenolic OH excluding ortho intramolecular Hbond substituents is 2. The maximum absolute atomic E-state index is 11.0. The number of rotatable bonds is 4. The van der Waals surface area contributed by atoms with E-state index in [-0.39, 0.29) is 23.0 Å². The molecule has 2 heterocycles. The highest BCUT2D eigenvalue weighted by Gasteiger charge is 2.21. The molecule has 0 spiro atoms. The number of aromatic nitrogens is 6. The molecule has 4 aromatic rings. The molecule has 0 aliphatic carbocycles. The van der Waals surface area contributed by atoms with Crippen LogP contribution in [0.3, 0.4) is 0 Å². The molecule has 0 aliphatic rings. The average molecular weight is 392 g/mol. The second-order valence-electron chi connectivity index (χ2n) is 6.86. The van der Waals surface area contributed by atoms with E-state index in [4.69, 9.17) is 0 Å². The van der Waals surface area contributed by atoms with Crippen LogP contribution in [0.25, 0.3) is 28.1 Å². The van der Waals surface area contributed by atoms with Crippen LogP contribution < -0.4 is 9.80 Å². The van der Waals surface area contributed by atoms with Crippen molar-refractivity contribution in [3.63, 3.8) is 0 Å². The van der Waals surface area contributed by atoms with Crippen molar-refractivity contribution in [2.45, 2.75) is 0 Å². The zero-order valence-electron chi connectivity index (χ0n) is 16.4. The van der Waals surface area contributed by atoms with Gasteiger partial charge in [0.1, 0.15) is 16.8 Å². The number of fused-ring (bicyclic) bond motifs is 1. The van der Waals surface area contributed by atoms with E-state index < -0.39 is 0 Å². The first kappa shape index (κ1) is 18.4. The van der Waals surface area contributed by atoms with Crippen LogP contribution in [0, 0.1) is 0 Å². The Kier molecular flexibility index (Phi) is 4.38. The van der Waals surface area contributed by atoms with E-state index in [1.807, 2.05) is 40.3 Å². The predicted octanol–water partition coefficient (Wildman–Crippen LogP) is 1.82. The highest BCUT2D eigenvalue weighted by atomic mass is 16.3. The standard InChI is InChI=1S/C19H20N8O2/c1-25(2)18-20-17(21-19(22-18)26(3)4)11-9-10-14(28)15(16(11)29)27-23-12-7-5-6-8-13(12)24-27/h5-10,28-29H,1-4H3. The van der Waals surface area contributed by atoms with Crippen molar-refractivity contribution in [2.24, 2.45) is 0 Å². The minimum Gasteiger partial charge on any atom is -0.505 e. The van der Waals surface area contributed by atoms with Crippen LogP contribution in [0.5, 0.6) is 11.5 Å². The molecule has 148 valence electrons. The summed E-state index contributed by atoms with van der Waals surface area (Å²) in [6.07, 6.45) is 0. The van der Waals surface area contributed by atoms with Gasteiger partial charge in [0.15, 0.2) is 17.3 Å². The second-order valence-corrected chi connectivity index (χ2v) is 6.86. The first-order chi connectivity index (χ1) is 13.8. The quantitative estimate of drug-likeness (QED) is 0.536. The molecule has 0 aliphatic heterocycles. The van der Waals surface area contributed by atoms with Crippen LogP contribution in [0.1, 0.15) is 0 Å². The fourth-order valence-corrected chi connectivity index (χ4v) is 2.78. The van der Waals surface area contributed by atoms with Gasteiger partial charge in [-0.25, -0.2) is 0 Å². The van der Waals surface area contributed by atoms with Crippen molar-refractivity contribution in [1.29, 1.82) is 0 Å². The molecule has 2 N–H and O–H groups in total. The van der Waals surface area contributed by atoms with Crippen LogP contribution in [-0.4, -0.2) is 68.3 Å². The molecule has 2 aromatic carbocycles. The van der Waals surface area contributed by atoms with Gasteiger partial charge in [-0.2, -0.15) is 15.0 Å². The van der Waals surface area contributed by atoms with Gasteiger partial charge in [-0.1, -0.05) is 12.1 Å². The summed E-state index contributed by atoms with van der Waals surface area (Å²) in [4.78, 5) is 18.0. The second kappa shape index (κ2) is 6.89. The molecule has 0 saturated heterocycles. The van der Waals surface area contributed by atoms with Crippen molar-refractivity contribution < 1.29 is 10.2 Å². The van der Waals surface area contributed by atoms with Gasteiger partial charge in [-0.15, -0.1) is 15.0 Å². The zero-order valence-corrected chi connectivity index (χ0v) is 16.4. The highest BCUT2D eigenvalue weighted by Crippen LogP contribution is 2.38. The fourth-order valence-electron chi connectivity index (χ4n) is 2.78. The van der Waals surface area contributed by atoms with Gasteiger partial charge in [0, 0.05) is 28.2 Å². The Morgan fingerprint density at radius 3 is 1.83 bits per heavy atom. The Hall–Kier alpha value is -3.95. The van der Waals surface area contributed by atoms with Gasteiger partial charge in [0.25, 0.3) is 0 Å². The van der Waals surface area contributed by atoms with E-state index in [1.54, 1.807) is 28.0 Å². The fraction of sp³-hybridized carbons (Fsp3) is 0.211. The van der Waals surface area contributed by atoms with Crippen molar-refractivity contribution in [3.05, 3.63) is 36.4 Å². The van der Waals surface area contributed by atoms with Crippen molar-refractivity contribution >= 4 is 22.9 Å². The third-order valence-corrected chi connectivity index (χ3v) is 4.27. The Bertz CT molecular complexity index is 1140. The lowest BCUT2D eigenvalue weighted by atomic mass is 10.1. The van der Waals surface area contributed by atoms with E-state index in [2.05, 4.69) is 25.1 Å². The molecule has 4 rings (SSSR count). The van der Waals surface area contributed by atoms with Crippen LogP contribution in [0.2, 0.25) is 0 Å². The summed E-state index contributed by atoms with van der Waals surface area (Å²) in [5.41, 5.74) is 1.66. The summed E-state index contributed by atoms with van der Waals surface area (Å²) in [5, 5.41) is 30.1. The van der Waals surface area contributed by atoms with Gasteiger partial charge in [0.2, 0.25) is 11.9 Å². The van der Waals surface area contributed by atoms with Gasteiger partial charge < -0.3 is 20.0 Å². The van der Waals surface area contributed by atoms with E-state index in [0.29, 0.717) is 28.5 Å². The minimum atomic E-state index is -0.231. The number of anilines is 2. The average Bonchev–Trinajstić information content (AvgIpc) is 3.11. The SMILES string of the molecule is CN(C)c1nc(-c2ccc(O)c(-n3nc4ccccc4n3)c2O)nc(N(C)C)n1. The number of nitrogens with zero attached hydrogens (tertiary/aromatic N) is 8. The van der Waals surface area contributed by atoms with Gasteiger partial charge in [-0.05, 0) is 24.3 Å². The van der Waals surface area contributed by atoms with Crippen molar-refractivity contribution in [3.8, 4) is 28.6 Å². The van der Waals surface area contributed by atoms with Crippen LogP contribution >= 0.6 is 0 Å². The molecule has 0 unspecified atom stereocenters. The number of benzene rings is 2. The number of phenols is 2. The van der Waals surface area contributed by atoms with Crippen LogP contribution in [-0.2, 0) is 0 Å². The van der Waals surface area contributed by atoms with Gasteiger partial charge in [0.05, 0.1) is 5.56 Å². The summed E-state index contributed by atoms with van der Waals surface area (Å²) in [6.45, 7) is 0. The van der Waals surface area contributed by atoms with E-state index in [9.17, 15) is 10.2 Å². The van der Waals surface area contributed by atoms with E-state index >= 15 is 0 Å². The van der Waals surface area contributed by atoms with Crippen molar-refractivity contribution in [2.75, 3.05) is 38.0 Å². The smallest absolute Gasteiger partial charge is 0.230 e. The number of hydrogen-bond acceptors (Lipinski definition) is 9. The molecule has 0 radical (unpaired) electrons. The third-order valence-electron chi connectivity index (χ3n) is 4.27. The maximum atomic E-state index is 11.0. The normalized spacial score (nSPS) is 11.0. The molecule has 0 fully saturated rings. The topological polar surface area (TPSA) is 116 Å². The monoisotopic (exact) mass is 392 g/mol. The minimum absolute atomic E-state index is 0.0527. The summed E-state index contributed by atoms with van der Waals surface area (Å²) in [5.74, 6) is 0.751. The molecule has 0 saturated carbocycles. The first-order valence-electron chi connectivity index (χ1n) is 8.83. The molecular formula is C19H20N8O2. The largest absolute Gasteiger partial charge is 0.505 e. The van der Waals surface area contributed by atoms with Crippen LogP contribution in [0.4, 0.5) is 11.9 Å². The Labute approximate surface area is 166 Å². The summed E-state index contributed by atoms with van der Waals surface area (Å²) < 4.78 is 0. The number of hydrogen-bond donors (Lipinski definition) is 2. The molecule has 10 nitrogen and oxygen atoms in total. The summed E-state index contributed by atoms with van der Waals surface area (Å²) >= 11 is 0. The van der Waals surface area contributed by atoms with Gasteiger partial charge >= 0.3 is 0 Å². The maximum Gasteiger partial charge on any atom is 0.230 e. The Morgan fingerprint density at radius 1 is 0.759 bits per heavy atom. The molecule has 0 bridgehead atoms. The lowest BCUT2D eigenvalue weighted by Crippen LogP contribution is -2.19. The van der Waals surface area contributed by atoms with E-state index in [0.717, 1.165) is 0 Å². The molecule has 29 heavy (non-hydrogen) atoms. The Morgan fingerprint density at radius 2 is 1.31 bits per heavy atom. The first-order valence-corrected chi connectivity index (χ1v) is 8.83. The van der Waals surface area contributed by atoms with Crippen LogP contribution in [0.15, 0.2) is 36.4 Å². The van der Waals surface area contributed by atoms with E-state index in [1.165, 1.54) is 10.9 Å². The van der Waals surface area contributed by atoms with Gasteiger partial charge in [-0.3, -0.25) is 0 Å². The molecule has 2 aromatic heterocycles. The summed E-state index contributed by atoms with van der Waals surface area (Å²) in [7, 11) is 7.28. The molecule has 10 heteroatoms. The highest BCUT2D eigenvalue weighted by molar-refractivity contribution is 5.77. The summed E-state index contributed by atoms with van der Waals surface area (Å²) in [6, 6.07) is 10.3. The predicted molar refractivity (Wildman–Crippen MR) is 110 cm³/mol. The third kappa shape index (κ3) is 3.24. The number of aromatic hydroxyl groups is 2.